The zero-order valence-electron chi connectivity index (χ0n) is 20.6. The summed E-state index contributed by atoms with van der Waals surface area (Å²) in [6.07, 6.45) is 0.338. The normalized spacial score (nSPS) is 12.0. The van der Waals surface area contributed by atoms with Gasteiger partial charge >= 0.3 is 0 Å². The fraction of sp³-hybridized carbons (Fsp3) is 0.259. The van der Waals surface area contributed by atoms with Crippen LogP contribution in [0.25, 0.3) is 0 Å². The first-order chi connectivity index (χ1) is 17.7. The largest absolute Gasteiger partial charge is 0.355 e. The van der Waals surface area contributed by atoms with Gasteiger partial charge in [-0.15, -0.1) is 0 Å². The van der Waals surface area contributed by atoms with Crippen molar-refractivity contribution in [3.8, 4) is 0 Å². The average molecular weight is 607 g/mol. The zero-order chi connectivity index (χ0) is 27.0. The standard InChI is InChI=1S/C27H29BrClN3O4S/c1-3-25(27(34)30-4-2)31(18-20-11-8-9-16-24(20)29)26(33)19-32(22-13-10-12-21(28)17-22)37(35,36)23-14-6-5-7-15-23/h5-17,25H,3-4,18-19H2,1-2H3,(H,30,34). The van der Waals surface area contributed by atoms with E-state index >= 15 is 0 Å². The lowest BCUT2D eigenvalue weighted by atomic mass is 10.1. The average Bonchev–Trinajstić information content (AvgIpc) is 2.88. The molecule has 0 saturated carbocycles. The number of anilines is 1. The Kier molecular flexibility index (Phi) is 10.1. The number of hydrogen-bond acceptors (Lipinski definition) is 4. The number of carbonyl (C=O) groups is 2. The van der Waals surface area contributed by atoms with Crippen molar-refractivity contribution in [3.63, 3.8) is 0 Å². The van der Waals surface area contributed by atoms with Crippen LogP contribution >= 0.6 is 27.5 Å². The van der Waals surface area contributed by atoms with Gasteiger partial charge in [-0.2, -0.15) is 0 Å². The lowest BCUT2D eigenvalue weighted by molar-refractivity contribution is -0.140. The SMILES string of the molecule is CCNC(=O)C(CC)N(Cc1ccccc1Cl)C(=O)CN(c1cccc(Br)c1)S(=O)(=O)c1ccccc1. The molecule has 3 rings (SSSR count). The summed E-state index contributed by atoms with van der Waals surface area (Å²) in [7, 11) is -4.10. The van der Waals surface area contributed by atoms with Crippen LogP contribution in [0.5, 0.6) is 0 Å². The number of amides is 2. The number of sulfonamides is 1. The fourth-order valence-electron chi connectivity index (χ4n) is 3.90. The van der Waals surface area contributed by atoms with E-state index in [9.17, 15) is 18.0 Å². The molecule has 0 aliphatic carbocycles. The molecule has 7 nitrogen and oxygen atoms in total. The molecule has 196 valence electrons. The second-order valence-electron chi connectivity index (χ2n) is 8.24. The quantitative estimate of drug-likeness (QED) is 0.323. The van der Waals surface area contributed by atoms with Crippen molar-refractivity contribution >= 4 is 55.1 Å². The predicted octanol–water partition coefficient (Wildman–Crippen LogP) is 5.24. The second kappa shape index (κ2) is 13.1. The lowest BCUT2D eigenvalue weighted by Crippen LogP contribution is -2.52. The second-order valence-corrected chi connectivity index (χ2v) is 11.4. The number of halogens is 2. The maximum Gasteiger partial charge on any atom is 0.264 e. The van der Waals surface area contributed by atoms with Gasteiger partial charge in [0.1, 0.15) is 12.6 Å². The highest BCUT2D eigenvalue weighted by Crippen LogP contribution is 2.27. The van der Waals surface area contributed by atoms with E-state index in [4.69, 9.17) is 11.6 Å². The summed E-state index contributed by atoms with van der Waals surface area (Å²) in [5.41, 5.74) is 0.968. The van der Waals surface area contributed by atoms with Gasteiger partial charge < -0.3 is 10.2 Å². The number of nitrogens with zero attached hydrogens (tertiary/aromatic N) is 2. The van der Waals surface area contributed by atoms with E-state index in [1.54, 1.807) is 80.6 Å². The van der Waals surface area contributed by atoms with Crippen molar-refractivity contribution in [3.05, 3.63) is 93.9 Å². The Hall–Kier alpha value is -2.88. The highest BCUT2D eigenvalue weighted by atomic mass is 79.9. The van der Waals surface area contributed by atoms with Crippen molar-refractivity contribution in [2.75, 3.05) is 17.4 Å². The lowest BCUT2D eigenvalue weighted by Gasteiger charge is -2.33. The molecule has 1 N–H and O–H groups in total. The first kappa shape index (κ1) is 28.7. The van der Waals surface area contributed by atoms with Gasteiger partial charge in [-0.05, 0) is 55.3 Å². The van der Waals surface area contributed by atoms with Crippen LogP contribution in [0, 0.1) is 0 Å². The molecular weight excluding hydrogens is 578 g/mol. The van der Waals surface area contributed by atoms with Gasteiger partial charge in [0.05, 0.1) is 10.6 Å². The van der Waals surface area contributed by atoms with Crippen molar-refractivity contribution in [1.29, 1.82) is 0 Å². The summed E-state index contributed by atoms with van der Waals surface area (Å²) in [6, 6.07) is 20.9. The van der Waals surface area contributed by atoms with Gasteiger partial charge in [-0.1, -0.05) is 76.9 Å². The molecule has 0 bridgehead atoms. The van der Waals surface area contributed by atoms with Gasteiger partial charge in [-0.25, -0.2) is 8.42 Å². The Labute approximate surface area is 231 Å². The summed E-state index contributed by atoms with van der Waals surface area (Å²) < 4.78 is 29.2. The van der Waals surface area contributed by atoms with Crippen molar-refractivity contribution in [1.82, 2.24) is 10.2 Å². The summed E-state index contributed by atoms with van der Waals surface area (Å²) in [4.78, 5) is 28.3. The highest BCUT2D eigenvalue weighted by molar-refractivity contribution is 9.10. The monoisotopic (exact) mass is 605 g/mol. The molecule has 10 heteroatoms. The number of rotatable bonds is 11. The minimum Gasteiger partial charge on any atom is -0.355 e. The Balaban J connectivity index is 2.06. The molecule has 37 heavy (non-hydrogen) atoms. The Morgan fingerprint density at radius 3 is 2.27 bits per heavy atom. The summed E-state index contributed by atoms with van der Waals surface area (Å²) in [5, 5.41) is 3.23. The van der Waals surface area contributed by atoms with Crippen LogP contribution < -0.4 is 9.62 Å². The molecule has 2 amide bonds. The first-order valence-corrected chi connectivity index (χ1v) is 14.4. The minimum atomic E-state index is -4.10. The maximum absolute atomic E-state index is 13.9. The summed E-state index contributed by atoms with van der Waals surface area (Å²) in [5.74, 6) is -0.845. The van der Waals surface area contributed by atoms with Gasteiger partial charge in [0.15, 0.2) is 0 Å². The minimum absolute atomic E-state index is 0.0475. The van der Waals surface area contributed by atoms with Crippen LogP contribution in [-0.4, -0.2) is 44.3 Å². The maximum atomic E-state index is 13.9. The predicted molar refractivity (Wildman–Crippen MR) is 150 cm³/mol. The molecule has 1 atom stereocenters. The molecule has 0 fully saturated rings. The molecule has 0 aliphatic heterocycles. The number of hydrogen-bond donors (Lipinski definition) is 1. The summed E-state index contributed by atoms with van der Waals surface area (Å²) in [6.45, 7) is 3.54. The highest BCUT2D eigenvalue weighted by Gasteiger charge is 2.33. The number of nitrogens with one attached hydrogen (secondary N) is 1. The van der Waals surface area contributed by atoms with E-state index in [1.807, 2.05) is 0 Å². The van der Waals surface area contributed by atoms with Crippen LogP contribution in [0.3, 0.4) is 0 Å². The first-order valence-electron chi connectivity index (χ1n) is 11.8. The van der Waals surface area contributed by atoms with Crippen molar-refractivity contribution in [2.45, 2.75) is 37.8 Å². The Morgan fingerprint density at radius 2 is 1.65 bits per heavy atom. The van der Waals surface area contributed by atoms with E-state index in [0.717, 1.165) is 4.31 Å². The van der Waals surface area contributed by atoms with Crippen molar-refractivity contribution in [2.24, 2.45) is 0 Å². The topological polar surface area (TPSA) is 86.8 Å². The van der Waals surface area contributed by atoms with Gasteiger partial charge in [0.2, 0.25) is 11.8 Å². The molecular formula is C27H29BrClN3O4S. The van der Waals surface area contributed by atoms with Crippen LogP contribution in [0.2, 0.25) is 5.02 Å². The van der Waals surface area contributed by atoms with Crippen LogP contribution in [0.4, 0.5) is 5.69 Å². The van der Waals surface area contributed by atoms with E-state index in [2.05, 4.69) is 21.2 Å². The fourth-order valence-corrected chi connectivity index (χ4v) is 5.91. The van der Waals surface area contributed by atoms with E-state index in [1.165, 1.54) is 17.0 Å². The van der Waals surface area contributed by atoms with Crippen molar-refractivity contribution < 1.29 is 18.0 Å². The molecule has 0 heterocycles. The molecule has 0 saturated heterocycles. The zero-order valence-corrected chi connectivity index (χ0v) is 23.8. The Morgan fingerprint density at radius 1 is 0.973 bits per heavy atom. The van der Waals surface area contributed by atoms with Gasteiger partial charge in [0, 0.05) is 22.6 Å². The van der Waals surface area contributed by atoms with E-state index in [-0.39, 0.29) is 17.3 Å². The summed E-state index contributed by atoms with van der Waals surface area (Å²) >= 11 is 9.77. The van der Waals surface area contributed by atoms with Gasteiger partial charge in [0.25, 0.3) is 10.0 Å². The third kappa shape index (κ3) is 7.12. The van der Waals surface area contributed by atoms with Crippen LogP contribution in [-0.2, 0) is 26.2 Å². The Bertz CT molecular complexity index is 1340. The molecule has 0 spiro atoms. The third-order valence-electron chi connectivity index (χ3n) is 5.74. The molecule has 3 aromatic rings. The third-order valence-corrected chi connectivity index (χ3v) is 8.39. The smallest absolute Gasteiger partial charge is 0.264 e. The van der Waals surface area contributed by atoms with E-state index < -0.39 is 28.5 Å². The molecule has 0 aliphatic rings. The number of carbonyl (C=O) groups excluding carboxylic acids is 2. The number of benzene rings is 3. The van der Waals surface area contributed by atoms with Gasteiger partial charge in [-0.3, -0.25) is 13.9 Å². The van der Waals surface area contributed by atoms with Crippen LogP contribution in [0.1, 0.15) is 25.8 Å². The molecule has 3 aromatic carbocycles. The van der Waals surface area contributed by atoms with E-state index in [0.29, 0.717) is 33.7 Å². The van der Waals surface area contributed by atoms with Crippen LogP contribution in [0.15, 0.2) is 88.2 Å². The molecule has 1 unspecified atom stereocenters. The molecule has 0 aromatic heterocycles. The number of likely N-dealkylation sites (N-methyl/N-ethyl adjacent to an activating group) is 1. The molecule has 0 radical (unpaired) electrons.